The molecule has 33 heavy (non-hydrogen) atoms. The van der Waals surface area contributed by atoms with Crippen LogP contribution in [0.25, 0.3) is 0 Å². The summed E-state index contributed by atoms with van der Waals surface area (Å²) in [7, 11) is -4.08. The Labute approximate surface area is 193 Å². The first-order valence-electron chi connectivity index (χ1n) is 10.7. The van der Waals surface area contributed by atoms with Gasteiger partial charge in [0.15, 0.2) is 0 Å². The molecule has 8 heteroatoms. The molecule has 0 radical (unpaired) electrons. The third-order valence-corrected chi connectivity index (χ3v) is 7.02. The van der Waals surface area contributed by atoms with Crippen LogP contribution in [0.4, 0.5) is 10.1 Å². The van der Waals surface area contributed by atoms with Gasteiger partial charge < -0.3 is 9.64 Å². The number of aryl methyl sites for hydroxylation is 1. The summed E-state index contributed by atoms with van der Waals surface area (Å²) in [5, 5.41) is 0. The third kappa shape index (κ3) is 4.85. The molecule has 0 saturated heterocycles. The summed E-state index contributed by atoms with van der Waals surface area (Å²) in [6.45, 7) is 5.19. The molecule has 0 bridgehead atoms. The maximum absolute atomic E-state index is 14.0. The fourth-order valence-corrected chi connectivity index (χ4v) is 4.97. The number of ether oxygens (including phenoxy) is 1. The van der Waals surface area contributed by atoms with Crippen molar-refractivity contribution in [1.29, 1.82) is 0 Å². The summed E-state index contributed by atoms with van der Waals surface area (Å²) in [4.78, 5) is 15.0. The summed E-state index contributed by atoms with van der Waals surface area (Å²) in [5.74, 6) is -0.167. The molecule has 0 saturated carbocycles. The fraction of sp³-hybridized carbons (Fsp3) is 0.240. The van der Waals surface area contributed by atoms with Crippen LogP contribution >= 0.6 is 0 Å². The number of halogens is 1. The van der Waals surface area contributed by atoms with Gasteiger partial charge >= 0.3 is 0 Å². The van der Waals surface area contributed by atoms with Gasteiger partial charge in [-0.1, -0.05) is 24.3 Å². The summed E-state index contributed by atoms with van der Waals surface area (Å²) in [6, 6.07) is 15.8. The predicted molar refractivity (Wildman–Crippen MR) is 124 cm³/mol. The van der Waals surface area contributed by atoms with E-state index in [0.29, 0.717) is 37.2 Å². The minimum atomic E-state index is -4.08. The van der Waals surface area contributed by atoms with E-state index in [2.05, 4.69) is 4.72 Å². The minimum Gasteiger partial charge on any atom is -0.494 e. The average Bonchev–Trinajstić information content (AvgIpc) is 2.80. The van der Waals surface area contributed by atoms with Crippen molar-refractivity contribution < 1.29 is 22.3 Å². The lowest BCUT2D eigenvalue weighted by Gasteiger charge is -2.30. The number of carbonyl (C=O) groups is 1. The number of amides is 1. The van der Waals surface area contributed by atoms with Gasteiger partial charge in [0.05, 0.1) is 17.2 Å². The Morgan fingerprint density at radius 3 is 2.64 bits per heavy atom. The van der Waals surface area contributed by atoms with Crippen LogP contribution in [0.15, 0.2) is 65.6 Å². The van der Waals surface area contributed by atoms with Gasteiger partial charge in [0.2, 0.25) is 0 Å². The zero-order valence-electron chi connectivity index (χ0n) is 18.5. The van der Waals surface area contributed by atoms with Gasteiger partial charge in [-0.15, -0.1) is 0 Å². The second-order valence-electron chi connectivity index (χ2n) is 7.90. The Kier molecular flexibility index (Phi) is 6.37. The van der Waals surface area contributed by atoms with Crippen LogP contribution in [0.2, 0.25) is 0 Å². The number of fused-ring (bicyclic) bond motifs is 1. The lowest BCUT2D eigenvalue weighted by atomic mass is 9.98. The van der Waals surface area contributed by atoms with Gasteiger partial charge in [0, 0.05) is 18.7 Å². The molecule has 172 valence electrons. The number of para-hydroxylation sites is 1. The Bertz CT molecular complexity index is 1310. The molecule has 6 nitrogen and oxygen atoms in total. The zero-order chi connectivity index (χ0) is 23.6. The van der Waals surface area contributed by atoms with Gasteiger partial charge in [-0.3, -0.25) is 9.52 Å². The van der Waals surface area contributed by atoms with Crippen molar-refractivity contribution in [2.45, 2.75) is 31.7 Å². The first kappa shape index (κ1) is 22.8. The number of hydrogen-bond donors (Lipinski definition) is 1. The quantitative estimate of drug-likeness (QED) is 0.577. The van der Waals surface area contributed by atoms with Crippen molar-refractivity contribution in [3.05, 3.63) is 88.7 Å². The summed E-state index contributed by atoms with van der Waals surface area (Å²) in [5.41, 5.74) is 3.01. The van der Waals surface area contributed by atoms with Crippen molar-refractivity contribution >= 4 is 21.6 Å². The van der Waals surface area contributed by atoms with Crippen molar-refractivity contribution in [3.63, 3.8) is 0 Å². The van der Waals surface area contributed by atoms with Gasteiger partial charge in [-0.2, -0.15) is 0 Å². The van der Waals surface area contributed by atoms with Gasteiger partial charge in [0.25, 0.3) is 15.9 Å². The predicted octanol–water partition coefficient (Wildman–Crippen LogP) is 4.53. The highest BCUT2D eigenvalue weighted by Crippen LogP contribution is 2.27. The summed E-state index contributed by atoms with van der Waals surface area (Å²) < 4.78 is 47.5. The molecule has 4 rings (SSSR count). The maximum Gasteiger partial charge on any atom is 0.262 e. The Hall–Kier alpha value is -3.39. The van der Waals surface area contributed by atoms with E-state index in [0.717, 1.165) is 11.3 Å². The lowest BCUT2D eigenvalue weighted by Crippen LogP contribution is -2.36. The van der Waals surface area contributed by atoms with Crippen LogP contribution in [-0.4, -0.2) is 32.4 Å². The van der Waals surface area contributed by atoms with Crippen LogP contribution in [0.5, 0.6) is 5.75 Å². The molecule has 1 heterocycles. The van der Waals surface area contributed by atoms with Crippen LogP contribution in [-0.2, 0) is 23.0 Å². The smallest absolute Gasteiger partial charge is 0.262 e. The summed E-state index contributed by atoms with van der Waals surface area (Å²) >= 11 is 0. The van der Waals surface area contributed by atoms with Crippen LogP contribution in [0, 0.1) is 12.7 Å². The van der Waals surface area contributed by atoms with E-state index in [9.17, 15) is 17.6 Å². The topological polar surface area (TPSA) is 75.7 Å². The Morgan fingerprint density at radius 1 is 1.09 bits per heavy atom. The molecular formula is C25H25FN2O4S. The monoisotopic (exact) mass is 468 g/mol. The number of anilines is 1. The highest BCUT2D eigenvalue weighted by atomic mass is 32.2. The Balaban J connectivity index is 1.59. The Morgan fingerprint density at radius 2 is 1.88 bits per heavy atom. The van der Waals surface area contributed by atoms with Crippen LogP contribution < -0.4 is 9.46 Å². The van der Waals surface area contributed by atoms with Gasteiger partial charge in [-0.05, 0) is 73.4 Å². The van der Waals surface area contributed by atoms with Crippen molar-refractivity contribution in [2.75, 3.05) is 17.9 Å². The number of sulfonamides is 1. The summed E-state index contributed by atoms with van der Waals surface area (Å²) in [6.07, 6.45) is 0.708. The normalized spacial score (nSPS) is 13.4. The lowest BCUT2D eigenvalue weighted by molar-refractivity contribution is 0.0733. The number of rotatable bonds is 6. The first-order chi connectivity index (χ1) is 15.8. The molecule has 0 aliphatic carbocycles. The average molecular weight is 469 g/mol. The fourth-order valence-electron chi connectivity index (χ4n) is 3.88. The highest BCUT2D eigenvalue weighted by molar-refractivity contribution is 7.92. The highest BCUT2D eigenvalue weighted by Gasteiger charge is 2.25. The number of nitrogens with one attached hydrogen (secondary N) is 1. The van der Waals surface area contributed by atoms with E-state index < -0.39 is 15.8 Å². The SMILES string of the molecule is CCOc1ccc2c(c1)CN(C(=O)c1cc(S(=O)(=O)Nc3ccccc3F)ccc1C)CC2. The molecule has 1 N–H and O–H groups in total. The minimum absolute atomic E-state index is 0.101. The third-order valence-electron chi connectivity index (χ3n) is 5.66. The van der Waals surface area contributed by atoms with E-state index in [1.165, 1.54) is 42.0 Å². The van der Waals surface area contributed by atoms with Crippen molar-refractivity contribution in [3.8, 4) is 5.75 Å². The molecule has 1 aliphatic heterocycles. The molecular weight excluding hydrogens is 443 g/mol. The van der Waals surface area contributed by atoms with Crippen LogP contribution in [0.3, 0.4) is 0 Å². The molecule has 3 aromatic rings. The second-order valence-corrected chi connectivity index (χ2v) is 9.58. The number of nitrogens with zero attached hydrogens (tertiary/aromatic N) is 1. The number of benzene rings is 3. The standard InChI is InChI=1S/C25H25FN2O4S/c1-3-32-20-10-9-18-12-13-28(16-19(18)14-20)25(29)22-15-21(11-8-17(22)2)33(30,31)27-24-7-5-4-6-23(24)26/h4-11,14-15,27H,3,12-13,16H2,1-2H3. The molecule has 0 spiro atoms. The number of carbonyl (C=O) groups excluding carboxylic acids is 1. The zero-order valence-corrected chi connectivity index (χ0v) is 19.3. The molecule has 0 atom stereocenters. The van der Waals surface area contributed by atoms with Gasteiger partial charge in [-0.25, -0.2) is 12.8 Å². The van der Waals surface area contributed by atoms with E-state index in [4.69, 9.17) is 4.74 Å². The van der Waals surface area contributed by atoms with E-state index >= 15 is 0 Å². The largest absolute Gasteiger partial charge is 0.494 e. The maximum atomic E-state index is 14.0. The van der Waals surface area contributed by atoms with Crippen molar-refractivity contribution in [1.82, 2.24) is 4.90 Å². The molecule has 1 aliphatic rings. The molecule has 0 unspecified atom stereocenters. The molecule has 0 aromatic heterocycles. The van der Waals surface area contributed by atoms with E-state index in [-0.39, 0.29) is 16.5 Å². The molecule has 3 aromatic carbocycles. The van der Waals surface area contributed by atoms with E-state index in [1.807, 2.05) is 25.1 Å². The number of hydrogen-bond acceptors (Lipinski definition) is 4. The van der Waals surface area contributed by atoms with E-state index in [1.54, 1.807) is 17.9 Å². The molecule has 1 amide bonds. The van der Waals surface area contributed by atoms with Gasteiger partial charge in [0.1, 0.15) is 11.6 Å². The first-order valence-corrected chi connectivity index (χ1v) is 12.2. The van der Waals surface area contributed by atoms with Crippen molar-refractivity contribution in [2.24, 2.45) is 0 Å². The molecule has 0 fully saturated rings. The second kappa shape index (κ2) is 9.23. The van der Waals surface area contributed by atoms with Crippen LogP contribution in [0.1, 0.15) is 34.0 Å².